The second-order valence-electron chi connectivity index (χ2n) is 6.55. The van der Waals surface area contributed by atoms with Crippen LogP contribution in [0.4, 0.5) is 5.69 Å². The molecule has 0 spiro atoms. The fraction of sp³-hybridized carbons (Fsp3) is 0.350. The Hall–Kier alpha value is -2.49. The number of amides is 1. The molecule has 0 bridgehead atoms. The number of anilines is 1. The van der Waals surface area contributed by atoms with Gasteiger partial charge in [0.2, 0.25) is 5.91 Å². The normalized spacial score (nSPS) is 19.0. The van der Waals surface area contributed by atoms with E-state index >= 15 is 0 Å². The zero-order valence-corrected chi connectivity index (χ0v) is 13.9. The molecule has 4 rings (SSSR count). The summed E-state index contributed by atoms with van der Waals surface area (Å²) in [6.45, 7) is 2.54. The number of benzene rings is 2. The van der Waals surface area contributed by atoms with Crippen LogP contribution in [0.25, 0.3) is 0 Å². The molecule has 0 radical (unpaired) electrons. The molecule has 4 nitrogen and oxygen atoms in total. The van der Waals surface area contributed by atoms with Crippen LogP contribution in [0.1, 0.15) is 11.1 Å². The summed E-state index contributed by atoms with van der Waals surface area (Å²) >= 11 is 0. The second kappa shape index (κ2) is 6.19. The quantitative estimate of drug-likeness (QED) is 0.870. The lowest BCUT2D eigenvalue weighted by Crippen LogP contribution is -2.53. The highest BCUT2D eigenvalue weighted by Crippen LogP contribution is 2.33. The van der Waals surface area contributed by atoms with Gasteiger partial charge in [0.1, 0.15) is 5.75 Å². The standard InChI is InChI=1S/C20H22N2O2/c1-24-18-7-4-5-15(11-18)12-20(23)21-9-10-22-17(14-21)13-16-6-2-3-8-19(16)22/h2-8,11,17H,9-10,12-14H2,1H3. The summed E-state index contributed by atoms with van der Waals surface area (Å²) in [6, 6.07) is 16.8. The van der Waals surface area contributed by atoms with Crippen molar-refractivity contribution in [2.75, 3.05) is 31.6 Å². The van der Waals surface area contributed by atoms with Gasteiger partial charge >= 0.3 is 0 Å². The van der Waals surface area contributed by atoms with Gasteiger partial charge in [0, 0.05) is 25.3 Å². The van der Waals surface area contributed by atoms with Crippen LogP contribution in [0.3, 0.4) is 0 Å². The van der Waals surface area contributed by atoms with Crippen molar-refractivity contribution in [3.8, 4) is 5.75 Å². The number of carbonyl (C=O) groups excluding carboxylic acids is 1. The van der Waals surface area contributed by atoms with E-state index in [0.29, 0.717) is 12.5 Å². The van der Waals surface area contributed by atoms with E-state index in [0.717, 1.165) is 37.4 Å². The monoisotopic (exact) mass is 322 g/mol. The number of nitrogens with zero attached hydrogens (tertiary/aromatic N) is 2. The van der Waals surface area contributed by atoms with Crippen LogP contribution < -0.4 is 9.64 Å². The molecule has 0 aliphatic carbocycles. The minimum atomic E-state index is 0.207. The summed E-state index contributed by atoms with van der Waals surface area (Å²) in [7, 11) is 1.65. The van der Waals surface area contributed by atoms with Crippen molar-refractivity contribution in [2.45, 2.75) is 18.9 Å². The number of ether oxygens (including phenoxy) is 1. The van der Waals surface area contributed by atoms with Crippen LogP contribution in [0.15, 0.2) is 48.5 Å². The minimum Gasteiger partial charge on any atom is -0.497 e. The first-order valence-corrected chi connectivity index (χ1v) is 8.50. The molecule has 24 heavy (non-hydrogen) atoms. The maximum absolute atomic E-state index is 12.7. The Kier molecular flexibility index (Phi) is 3.89. The molecule has 1 unspecified atom stereocenters. The van der Waals surface area contributed by atoms with Crippen molar-refractivity contribution in [3.05, 3.63) is 59.7 Å². The molecule has 2 heterocycles. The van der Waals surface area contributed by atoms with E-state index < -0.39 is 0 Å². The maximum Gasteiger partial charge on any atom is 0.227 e. The highest BCUT2D eigenvalue weighted by Gasteiger charge is 2.35. The van der Waals surface area contributed by atoms with E-state index in [9.17, 15) is 4.79 Å². The van der Waals surface area contributed by atoms with Gasteiger partial charge in [-0.1, -0.05) is 30.3 Å². The van der Waals surface area contributed by atoms with E-state index in [2.05, 4.69) is 29.2 Å². The SMILES string of the molecule is COc1cccc(CC(=O)N2CCN3c4ccccc4CC3C2)c1. The Balaban J connectivity index is 1.43. The number of methoxy groups -OCH3 is 1. The highest BCUT2D eigenvalue weighted by atomic mass is 16.5. The number of para-hydroxylation sites is 1. The van der Waals surface area contributed by atoms with Crippen molar-refractivity contribution in [1.82, 2.24) is 4.90 Å². The molecule has 1 atom stereocenters. The molecule has 2 aromatic rings. The van der Waals surface area contributed by atoms with Crippen molar-refractivity contribution >= 4 is 11.6 Å². The number of carbonyl (C=O) groups is 1. The second-order valence-corrected chi connectivity index (χ2v) is 6.55. The zero-order valence-electron chi connectivity index (χ0n) is 13.9. The summed E-state index contributed by atoms with van der Waals surface area (Å²) in [5, 5.41) is 0. The van der Waals surface area contributed by atoms with E-state index in [1.807, 2.05) is 29.2 Å². The van der Waals surface area contributed by atoms with Crippen LogP contribution in [-0.4, -0.2) is 43.6 Å². The Labute approximate surface area is 142 Å². The van der Waals surface area contributed by atoms with E-state index in [1.165, 1.54) is 11.3 Å². The largest absolute Gasteiger partial charge is 0.497 e. The Morgan fingerprint density at radius 2 is 2.04 bits per heavy atom. The summed E-state index contributed by atoms with van der Waals surface area (Å²) in [5.41, 5.74) is 3.77. The van der Waals surface area contributed by atoms with Crippen molar-refractivity contribution in [2.24, 2.45) is 0 Å². The number of fused-ring (bicyclic) bond motifs is 3. The Morgan fingerprint density at radius 3 is 2.92 bits per heavy atom. The fourth-order valence-electron chi connectivity index (χ4n) is 3.86. The van der Waals surface area contributed by atoms with E-state index in [-0.39, 0.29) is 5.91 Å². The van der Waals surface area contributed by atoms with Gasteiger partial charge in [0.05, 0.1) is 19.6 Å². The summed E-state index contributed by atoms with van der Waals surface area (Å²) in [5.74, 6) is 1.01. The van der Waals surface area contributed by atoms with Gasteiger partial charge in [-0.2, -0.15) is 0 Å². The Morgan fingerprint density at radius 1 is 1.17 bits per heavy atom. The van der Waals surface area contributed by atoms with Gasteiger partial charge in [-0.25, -0.2) is 0 Å². The first-order chi connectivity index (χ1) is 11.7. The zero-order chi connectivity index (χ0) is 16.5. The number of hydrogen-bond acceptors (Lipinski definition) is 3. The van der Waals surface area contributed by atoms with Crippen molar-refractivity contribution in [3.63, 3.8) is 0 Å². The first kappa shape index (κ1) is 15.1. The van der Waals surface area contributed by atoms with E-state index in [1.54, 1.807) is 7.11 Å². The third-order valence-electron chi connectivity index (χ3n) is 5.08. The molecule has 1 fully saturated rings. The van der Waals surface area contributed by atoms with Gasteiger partial charge in [-0.05, 0) is 35.7 Å². The predicted molar refractivity (Wildman–Crippen MR) is 94.6 cm³/mol. The van der Waals surface area contributed by atoms with Crippen LogP contribution in [0.5, 0.6) is 5.75 Å². The molecular formula is C20H22N2O2. The molecule has 2 aliphatic heterocycles. The molecule has 4 heteroatoms. The van der Waals surface area contributed by atoms with Gasteiger partial charge in [-0.15, -0.1) is 0 Å². The van der Waals surface area contributed by atoms with Crippen LogP contribution in [0, 0.1) is 0 Å². The molecule has 1 amide bonds. The molecule has 2 aromatic carbocycles. The van der Waals surface area contributed by atoms with Crippen molar-refractivity contribution < 1.29 is 9.53 Å². The topological polar surface area (TPSA) is 32.8 Å². The fourth-order valence-corrected chi connectivity index (χ4v) is 3.86. The van der Waals surface area contributed by atoms with Gasteiger partial charge in [0.15, 0.2) is 0 Å². The van der Waals surface area contributed by atoms with Gasteiger partial charge < -0.3 is 14.5 Å². The van der Waals surface area contributed by atoms with Crippen LogP contribution in [-0.2, 0) is 17.6 Å². The van der Waals surface area contributed by atoms with Crippen molar-refractivity contribution in [1.29, 1.82) is 0 Å². The molecule has 0 aromatic heterocycles. The Bertz CT molecular complexity index is 759. The van der Waals surface area contributed by atoms with Crippen LogP contribution in [0.2, 0.25) is 0 Å². The lowest BCUT2D eigenvalue weighted by Gasteiger charge is -2.39. The highest BCUT2D eigenvalue weighted by molar-refractivity contribution is 5.79. The lowest BCUT2D eigenvalue weighted by molar-refractivity contribution is -0.131. The third-order valence-corrected chi connectivity index (χ3v) is 5.08. The molecule has 1 saturated heterocycles. The molecule has 0 N–H and O–H groups in total. The van der Waals surface area contributed by atoms with E-state index in [4.69, 9.17) is 4.74 Å². The lowest BCUT2D eigenvalue weighted by atomic mass is 10.1. The number of piperazine rings is 1. The number of rotatable bonds is 3. The molecule has 124 valence electrons. The van der Waals surface area contributed by atoms with Gasteiger partial charge in [0.25, 0.3) is 0 Å². The minimum absolute atomic E-state index is 0.207. The third kappa shape index (κ3) is 2.73. The summed E-state index contributed by atoms with van der Waals surface area (Å²) < 4.78 is 5.24. The summed E-state index contributed by atoms with van der Waals surface area (Å²) in [6.07, 6.45) is 1.48. The molecular weight excluding hydrogens is 300 g/mol. The summed E-state index contributed by atoms with van der Waals surface area (Å²) in [4.78, 5) is 17.2. The first-order valence-electron chi connectivity index (χ1n) is 8.50. The van der Waals surface area contributed by atoms with Gasteiger partial charge in [-0.3, -0.25) is 4.79 Å². The number of hydrogen-bond donors (Lipinski definition) is 0. The average Bonchev–Trinajstić information content (AvgIpc) is 2.99. The average molecular weight is 322 g/mol. The molecule has 0 saturated carbocycles. The van der Waals surface area contributed by atoms with Crippen LogP contribution >= 0.6 is 0 Å². The maximum atomic E-state index is 12.7. The smallest absolute Gasteiger partial charge is 0.227 e. The predicted octanol–water partition coefficient (Wildman–Crippen LogP) is 2.51. The molecule has 2 aliphatic rings.